The summed E-state index contributed by atoms with van der Waals surface area (Å²) >= 11 is 0. The lowest BCUT2D eigenvalue weighted by atomic mass is 10.1. The molecule has 2 amide bonds. The average Bonchev–Trinajstić information content (AvgIpc) is 3.06. The van der Waals surface area contributed by atoms with Gasteiger partial charge in [0.2, 0.25) is 0 Å². The van der Waals surface area contributed by atoms with Crippen molar-refractivity contribution in [3.63, 3.8) is 0 Å². The minimum Gasteiger partial charge on any atom is -0.388 e. The second-order valence-electron chi connectivity index (χ2n) is 6.46. The van der Waals surface area contributed by atoms with Crippen molar-refractivity contribution in [2.24, 2.45) is 5.92 Å². The van der Waals surface area contributed by atoms with Gasteiger partial charge in [0.15, 0.2) is 0 Å². The molecule has 1 aliphatic heterocycles. The summed E-state index contributed by atoms with van der Waals surface area (Å²) in [7, 11) is 0. The Labute approximate surface area is 139 Å². The number of benzene rings is 1. The van der Waals surface area contributed by atoms with Gasteiger partial charge in [-0.2, -0.15) is 0 Å². The number of urea groups is 1. The van der Waals surface area contributed by atoms with E-state index < -0.39 is 6.10 Å². The summed E-state index contributed by atoms with van der Waals surface area (Å²) in [6, 6.07) is 9.36. The molecule has 1 aromatic rings. The highest BCUT2D eigenvalue weighted by molar-refractivity contribution is 5.73. The molecule has 1 saturated heterocycles. The standard InChI is InChI=1S/C18H29N3O2/c1-15(14-21-11-5-6-12-21)13-20-18(23)19-10-9-17(22)16-7-3-2-4-8-16/h2-4,7-8,15,17,22H,5-6,9-14H2,1H3,(H2,19,20,23). The molecular weight excluding hydrogens is 290 g/mol. The van der Waals surface area contributed by atoms with Crippen molar-refractivity contribution in [2.45, 2.75) is 32.3 Å². The Hall–Kier alpha value is -1.59. The van der Waals surface area contributed by atoms with Crippen molar-refractivity contribution >= 4 is 6.03 Å². The predicted molar refractivity (Wildman–Crippen MR) is 92.3 cm³/mol. The van der Waals surface area contributed by atoms with Crippen LogP contribution in [0.4, 0.5) is 4.79 Å². The molecule has 0 spiro atoms. The molecule has 0 saturated carbocycles. The predicted octanol–water partition coefficient (Wildman–Crippen LogP) is 2.14. The Kier molecular flexibility index (Phi) is 7.36. The first-order valence-electron chi connectivity index (χ1n) is 8.62. The third-order valence-electron chi connectivity index (χ3n) is 4.27. The molecule has 0 aromatic heterocycles. The quantitative estimate of drug-likeness (QED) is 0.688. The van der Waals surface area contributed by atoms with Gasteiger partial charge in [-0.25, -0.2) is 4.79 Å². The molecule has 1 fully saturated rings. The van der Waals surface area contributed by atoms with E-state index in [1.54, 1.807) is 0 Å². The fraction of sp³-hybridized carbons (Fsp3) is 0.611. The zero-order valence-electron chi connectivity index (χ0n) is 14.0. The van der Waals surface area contributed by atoms with Crippen molar-refractivity contribution in [1.29, 1.82) is 0 Å². The molecule has 2 atom stereocenters. The number of rotatable bonds is 8. The van der Waals surface area contributed by atoms with Gasteiger partial charge in [-0.15, -0.1) is 0 Å². The molecule has 0 aliphatic carbocycles. The van der Waals surface area contributed by atoms with E-state index in [0.717, 1.165) is 12.1 Å². The molecule has 1 aromatic carbocycles. The zero-order chi connectivity index (χ0) is 16.5. The Morgan fingerprint density at radius 1 is 1.22 bits per heavy atom. The summed E-state index contributed by atoms with van der Waals surface area (Å²) in [5.41, 5.74) is 0.883. The molecule has 1 aliphatic rings. The van der Waals surface area contributed by atoms with Gasteiger partial charge in [-0.1, -0.05) is 37.3 Å². The van der Waals surface area contributed by atoms with Gasteiger partial charge in [-0.3, -0.25) is 0 Å². The van der Waals surface area contributed by atoms with Gasteiger partial charge >= 0.3 is 6.03 Å². The van der Waals surface area contributed by atoms with Crippen LogP contribution in [0, 0.1) is 5.92 Å². The molecule has 0 bridgehead atoms. The van der Waals surface area contributed by atoms with Crippen LogP contribution in [0.3, 0.4) is 0 Å². The van der Waals surface area contributed by atoms with Crippen LogP contribution in [0.1, 0.15) is 37.9 Å². The highest BCUT2D eigenvalue weighted by atomic mass is 16.3. The van der Waals surface area contributed by atoms with Crippen LogP contribution < -0.4 is 10.6 Å². The van der Waals surface area contributed by atoms with E-state index in [0.29, 0.717) is 25.4 Å². The summed E-state index contributed by atoms with van der Waals surface area (Å²) in [5.74, 6) is 0.453. The Morgan fingerprint density at radius 2 is 1.91 bits per heavy atom. The van der Waals surface area contributed by atoms with Crippen LogP contribution in [-0.4, -0.2) is 48.8 Å². The fourth-order valence-electron chi connectivity index (χ4n) is 2.96. The molecule has 0 radical (unpaired) electrons. The molecule has 3 N–H and O–H groups in total. The van der Waals surface area contributed by atoms with E-state index in [4.69, 9.17) is 0 Å². The highest BCUT2D eigenvalue weighted by Crippen LogP contribution is 2.14. The summed E-state index contributed by atoms with van der Waals surface area (Å²) < 4.78 is 0. The minimum absolute atomic E-state index is 0.154. The lowest BCUT2D eigenvalue weighted by Crippen LogP contribution is -2.40. The molecule has 128 valence electrons. The monoisotopic (exact) mass is 319 g/mol. The van der Waals surface area contributed by atoms with Crippen LogP contribution in [-0.2, 0) is 0 Å². The molecular formula is C18H29N3O2. The minimum atomic E-state index is -0.536. The maximum absolute atomic E-state index is 11.8. The fourth-order valence-corrected chi connectivity index (χ4v) is 2.96. The highest BCUT2D eigenvalue weighted by Gasteiger charge is 2.15. The van der Waals surface area contributed by atoms with Gasteiger partial charge in [0.1, 0.15) is 0 Å². The number of aliphatic hydroxyl groups excluding tert-OH is 1. The van der Waals surface area contributed by atoms with Crippen molar-refractivity contribution in [2.75, 3.05) is 32.7 Å². The normalized spacial score (nSPS) is 17.7. The lowest BCUT2D eigenvalue weighted by molar-refractivity contribution is 0.166. The maximum atomic E-state index is 11.8. The number of hydrogen-bond donors (Lipinski definition) is 3. The molecule has 2 rings (SSSR count). The second kappa shape index (κ2) is 9.53. The van der Waals surface area contributed by atoms with E-state index in [-0.39, 0.29) is 6.03 Å². The third-order valence-corrected chi connectivity index (χ3v) is 4.27. The number of nitrogens with zero attached hydrogens (tertiary/aromatic N) is 1. The molecule has 23 heavy (non-hydrogen) atoms. The summed E-state index contributed by atoms with van der Waals surface area (Å²) in [6.07, 6.45) is 2.57. The number of carbonyl (C=O) groups is 1. The lowest BCUT2D eigenvalue weighted by Gasteiger charge is -2.20. The topological polar surface area (TPSA) is 64.6 Å². The van der Waals surface area contributed by atoms with Crippen LogP contribution in [0.25, 0.3) is 0 Å². The Balaban J connectivity index is 1.56. The summed E-state index contributed by atoms with van der Waals surface area (Å²) in [4.78, 5) is 14.2. The van der Waals surface area contributed by atoms with E-state index in [1.807, 2.05) is 30.3 Å². The molecule has 5 nitrogen and oxygen atoms in total. The van der Waals surface area contributed by atoms with Gasteiger partial charge < -0.3 is 20.6 Å². The van der Waals surface area contributed by atoms with Gasteiger partial charge in [0, 0.05) is 19.6 Å². The van der Waals surface area contributed by atoms with Crippen molar-refractivity contribution in [3.8, 4) is 0 Å². The second-order valence-corrected chi connectivity index (χ2v) is 6.46. The summed E-state index contributed by atoms with van der Waals surface area (Å²) in [6.45, 7) is 6.73. The molecule has 5 heteroatoms. The van der Waals surface area contributed by atoms with Crippen molar-refractivity contribution in [3.05, 3.63) is 35.9 Å². The van der Waals surface area contributed by atoms with E-state index in [1.165, 1.54) is 25.9 Å². The third kappa shape index (κ3) is 6.59. The van der Waals surface area contributed by atoms with Crippen molar-refractivity contribution < 1.29 is 9.90 Å². The Bertz CT molecular complexity index is 461. The number of aliphatic hydroxyl groups is 1. The molecule has 2 unspecified atom stereocenters. The number of carbonyl (C=O) groups excluding carboxylic acids is 1. The number of amides is 2. The van der Waals surface area contributed by atoms with Crippen LogP contribution >= 0.6 is 0 Å². The Morgan fingerprint density at radius 3 is 2.61 bits per heavy atom. The largest absolute Gasteiger partial charge is 0.388 e. The molecule has 1 heterocycles. The van der Waals surface area contributed by atoms with Gasteiger partial charge in [-0.05, 0) is 43.8 Å². The van der Waals surface area contributed by atoms with Crippen LogP contribution in [0.15, 0.2) is 30.3 Å². The average molecular weight is 319 g/mol. The smallest absolute Gasteiger partial charge is 0.314 e. The zero-order valence-corrected chi connectivity index (χ0v) is 14.0. The van der Waals surface area contributed by atoms with Gasteiger partial charge in [0.05, 0.1) is 6.10 Å². The first-order valence-corrected chi connectivity index (χ1v) is 8.62. The SMILES string of the molecule is CC(CNC(=O)NCCC(O)c1ccccc1)CN1CCCC1. The van der Waals surface area contributed by atoms with E-state index in [2.05, 4.69) is 22.5 Å². The van der Waals surface area contributed by atoms with Gasteiger partial charge in [0.25, 0.3) is 0 Å². The van der Waals surface area contributed by atoms with E-state index >= 15 is 0 Å². The first kappa shape index (κ1) is 17.8. The number of hydrogen-bond acceptors (Lipinski definition) is 3. The van der Waals surface area contributed by atoms with Crippen LogP contribution in [0.2, 0.25) is 0 Å². The van der Waals surface area contributed by atoms with Crippen LogP contribution in [0.5, 0.6) is 0 Å². The maximum Gasteiger partial charge on any atom is 0.314 e. The number of likely N-dealkylation sites (tertiary alicyclic amines) is 1. The summed E-state index contributed by atoms with van der Waals surface area (Å²) in [5, 5.41) is 15.8. The number of nitrogens with one attached hydrogen (secondary N) is 2. The van der Waals surface area contributed by atoms with Crippen molar-refractivity contribution in [1.82, 2.24) is 15.5 Å². The van der Waals surface area contributed by atoms with E-state index in [9.17, 15) is 9.90 Å². The first-order chi connectivity index (χ1) is 11.1.